The zero-order valence-corrected chi connectivity index (χ0v) is 16.7. The number of halogens is 1. The van der Waals surface area contributed by atoms with E-state index in [1.54, 1.807) is 0 Å². The molecule has 0 bridgehead atoms. The Labute approximate surface area is 171 Å². The van der Waals surface area contributed by atoms with Gasteiger partial charge in [0.15, 0.2) is 0 Å². The molecule has 1 saturated heterocycles. The fourth-order valence-electron chi connectivity index (χ4n) is 4.27. The average Bonchev–Trinajstić information content (AvgIpc) is 3.17. The molecule has 28 heavy (non-hydrogen) atoms. The zero-order valence-electron chi connectivity index (χ0n) is 16.0. The Kier molecular flexibility index (Phi) is 5.81. The number of likely N-dealkylation sites (tertiary alicyclic amines) is 1. The highest BCUT2D eigenvalue weighted by molar-refractivity contribution is 6.32. The largest absolute Gasteiger partial charge is 0.396 e. The topological polar surface area (TPSA) is 41.3 Å². The van der Waals surface area contributed by atoms with Crippen molar-refractivity contribution in [1.82, 2.24) is 14.7 Å². The quantitative estimate of drug-likeness (QED) is 0.674. The van der Waals surface area contributed by atoms with Crippen LogP contribution in [0.1, 0.15) is 24.0 Å². The van der Waals surface area contributed by atoms with Gasteiger partial charge in [0.2, 0.25) is 0 Å². The molecule has 1 N–H and O–H groups in total. The van der Waals surface area contributed by atoms with Gasteiger partial charge in [-0.3, -0.25) is 4.90 Å². The second-order valence-corrected chi connectivity index (χ2v) is 8.29. The van der Waals surface area contributed by atoms with E-state index in [9.17, 15) is 5.11 Å². The van der Waals surface area contributed by atoms with Crippen LogP contribution in [0, 0.1) is 5.41 Å². The second kappa shape index (κ2) is 8.48. The first-order valence-corrected chi connectivity index (χ1v) is 10.2. The van der Waals surface area contributed by atoms with Crippen molar-refractivity contribution in [2.45, 2.75) is 25.8 Å². The van der Waals surface area contributed by atoms with Gasteiger partial charge in [0.25, 0.3) is 0 Å². The highest BCUT2D eigenvalue weighted by Gasteiger charge is 2.35. The third-order valence-electron chi connectivity index (χ3n) is 5.64. The number of para-hydroxylation sites is 1. The standard InChI is InChI=1S/C23H26ClN3O/c24-21-9-4-5-10-22(21)27-16-20(14-25-27)15-26-12-6-11-23(17-26,18-28)13-19-7-2-1-3-8-19/h1-5,7-10,14,16,28H,6,11-13,15,17-18H2. The predicted octanol–water partition coefficient (Wildman–Crippen LogP) is 4.34. The number of piperidine rings is 1. The molecular weight excluding hydrogens is 370 g/mol. The summed E-state index contributed by atoms with van der Waals surface area (Å²) in [5, 5.41) is 15.4. The van der Waals surface area contributed by atoms with Crippen molar-refractivity contribution in [1.29, 1.82) is 0 Å². The molecule has 1 aliphatic heterocycles. The van der Waals surface area contributed by atoms with Crippen molar-refractivity contribution in [2.24, 2.45) is 5.41 Å². The molecule has 0 spiro atoms. The summed E-state index contributed by atoms with van der Waals surface area (Å²) in [5.74, 6) is 0. The van der Waals surface area contributed by atoms with E-state index < -0.39 is 0 Å². The van der Waals surface area contributed by atoms with E-state index in [-0.39, 0.29) is 12.0 Å². The lowest BCUT2D eigenvalue weighted by molar-refractivity contribution is 0.0288. The summed E-state index contributed by atoms with van der Waals surface area (Å²) in [4.78, 5) is 2.44. The van der Waals surface area contributed by atoms with Crippen LogP contribution < -0.4 is 0 Å². The van der Waals surface area contributed by atoms with Gasteiger partial charge in [-0.15, -0.1) is 0 Å². The van der Waals surface area contributed by atoms with Gasteiger partial charge in [0.05, 0.1) is 23.5 Å². The zero-order chi connectivity index (χ0) is 19.4. The molecule has 0 radical (unpaired) electrons. The average molecular weight is 396 g/mol. The number of aliphatic hydroxyl groups excluding tert-OH is 1. The third kappa shape index (κ3) is 4.30. The van der Waals surface area contributed by atoms with Gasteiger partial charge in [-0.25, -0.2) is 4.68 Å². The van der Waals surface area contributed by atoms with Crippen LogP contribution in [-0.4, -0.2) is 39.5 Å². The molecule has 1 aliphatic rings. The van der Waals surface area contributed by atoms with Crippen LogP contribution in [0.2, 0.25) is 5.02 Å². The minimum absolute atomic E-state index is 0.0711. The maximum Gasteiger partial charge on any atom is 0.0831 e. The third-order valence-corrected chi connectivity index (χ3v) is 5.96. The smallest absolute Gasteiger partial charge is 0.0831 e. The molecule has 4 nitrogen and oxygen atoms in total. The normalized spacial score (nSPS) is 20.4. The molecular formula is C23H26ClN3O. The lowest BCUT2D eigenvalue weighted by Gasteiger charge is -2.42. The van der Waals surface area contributed by atoms with Gasteiger partial charge in [0, 0.05) is 30.3 Å². The van der Waals surface area contributed by atoms with Gasteiger partial charge >= 0.3 is 0 Å². The minimum Gasteiger partial charge on any atom is -0.396 e. The molecule has 1 unspecified atom stereocenters. The molecule has 5 heteroatoms. The first-order valence-electron chi connectivity index (χ1n) is 9.83. The Bertz CT molecular complexity index is 911. The summed E-state index contributed by atoms with van der Waals surface area (Å²) in [6.45, 7) is 3.00. The van der Waals surface area contributed by atoms with Crippen LogP contribution in [0.5, 0.6) is 0 Å². The van der Waals surface area contributed by atoms with Crippen LogP contribution in [0.25, 0.3) is 5.69 Å². The van der Waals surface area contributed by atoms with E-state index in [0.717, 1.165) is 50.1 Å². The van der Waals surface area contributed by atoms with Crippen LogP contribution in [0.4, 0.5) is 0 Å². The van der Waals surface area contributed by atoms with Gasteiger partial charge < -0.3 is 5.11 Å². The van der Waals surface area contributed by atoms with E-state index in [1.807, 2.05) is 47.4 Å². The van der Waals surface area contributed by atoms with Gasteiger partial charge in [-0.1, -0.05) is 54.1 Å². The van der Waals surface area contributed by atoms with E-state index in [4.69, 9.17) is 11.6 Å². The molecule has 2 aromatic carbocycles. The first-order chi connectivity index (χ1) is 13.7. The minimum atomic E-state index is -0.0711. The monoisotopic (exact) mass is 395 g/mol. The highest BCUT2D eigenvalue weighted by Crippen LogP contribution is 2.34. The number of rotatable bonds is 6. The van der Waals surface area contributed by atoms with Crippen molar-refractivity contribution >= 4 is 11.6 Å². The van der Waals surface area contributed by atoms with Crippen LogP contribution in [0.3, 0.4) is 0 Å². The Morgan fingerprint density at radius 1 is 1.04 bits per heavy atom. The second-order valence-electron chi connectivity index (χ2n) is 7.88. The van der Waals surface area contributed by atoms with Gasteiger partial charge in [-0.2, -0.15) is 5.10 Å². The Balaban J connectivity index is 1.46. The number of benzene rings is 2. The van der Waals surface area contributed by atoms with Crippen LogP contribution in [0.15, 0.2) is 67.0 Å². The lowest BCUT2D eigenvalue weighted by Crippen LogP contribution is -2.46. The van der Waals surface area contributed by atoms with E-state index in [2.05, 4.69) is 34.3 Å². The fraction of sp³-hybridized carbons (Fsp3) is 0.348. The molecule has 4 rings (SSSR count). The molecule has 1 fully saturated rings. The summed E-state index contributed by atoms with van der Waals surface area (Å²) in [6.07, 6.45) is 7.04. The van der Waals surface area contributed by atoms with Gasteiger partial charge in [0.1, 0.15) is 0 Å². The van der Waals surface area contributed by atoms with Crippen molar-refractivity contribution in [3.63, 3.8) is 0 Å². The Hall–Kier alpha value is -2.14. The van der Waals surface area contributed by atoms with Crippen molar-refractivity contribution < 1.29 is 5.11 Å². The van der Waals surface area contributed by atoms with Crippen molar-refractivity contribution in [3.8, 4) is 5.69 Å². The summed E-state index contributed by atoms with van der Waals surface area (Å²) < 4.78 is 1.84. The number of nitrogens with zero attached hydrogens (tertiary/aromatic N) is 3. The number of hydrogen-bond donors (Lipinski definition) is 1. The van der Waals surface area contributed by atoms with E-state index in [0.29, 0.717) is 5.02 Å². The van der Waals surface area contributed by atoms with Crippen LogP contribution in [-0.2, 0) is 13.0 Å². The maximum atomic E-state index is 10.2. The maximum absolute atomic E-state index is 10.2. The SMILES string of the molecule is OCC1(Cc2ccccc2)CCCN(Cc2cnn(-c3ccccc3Cl)c2)C1. The summed E-state index contributed by atoms with van der Waals surface area (Å²) in [5.41, 5.74) is 3.28. The molecule has 1 aromatic heterocycles. The molecule has 3 aromatic rings. The molecule has 0 aliphatic carbocycles. The van der Waals surface area contributed by atoms with Crippen molar-refractivity contribution in [2.75, 3.05) is 19.7 Å². The highest BCUT2D eigenvalue weighted by atomic mass is 35.5. The van der Waals surface area contributed by atoms with Gasteiger partial charge in [-0.05, 0) is 43.5 Å². The molecule has 1 atom stereocenters. The summed E-state index contributed by atoms with van der Waals surface area (Å²) in [6, 6.07) is 18.2. The number of hydrogen-bond acceptors (Lipinski definition) is 3. The van der Waals surface area contributed by atoms with E-state index in [1.165, 1.54) is 5.56 Å². The number of aromatic nitrogens is 2. The summed E-state index contributed by atoms with van der Waals surface area (Å²) >= 11 is 6.29. The Morgan fingerprint density at radius 3 is 2.61 bits per heavy atom. The number of aliphatic hydroxyl groups is 1. The molecule has 2 heterocycles. The molecule has 0 amide bonds. The Morgan fingerprint density at radius 2 is 1.82 bits per heavy atom. The molecule has 146 valence electrons. The fourth-order valence-corrected chi connectivity index (χ4v) is 4.49. The first kappa shape index (κ1) is 19.2. The molecule has 0 saturated carbocycles. The summed E-state index contributed by atoms with van der Waals surface area (Å²) in [7, 11) is 0. The van der Waals surface area contributed by atoms with E-state index >= 15 is 0 Å². The van der Waals surface area contributed by atoms with Crippen molar-refractivity contribution in [3.05, 3.63) is 83.1 Å². The predicted molar refractivity (Wildman–Crippen MR) is 113 cm³/mol. The lowest BCUT2D eigenvalue weighted by atomic mass is 9.75. The van der Waals surface area contributed by atoms with Crippen LogP contribution >= 0.6 is 11.6 Å².